The molecule has 2 aromatic carbocycles. The Morgan fingerprint density at radius 1 is 1.08 bits per heavy atom. The topological polar surface area (TPSA) is 80.4 Å². The molecule has 0 aliphatic carbocycles. The molecule has 8 heteroatoms. The summed E-state index contributed by atoms with van der Waals surface area (Å²) in [5.41, 5.74) is 1.39. The van der Waals surface area contributed by atoms with Gasteiger partial charge in [0.15, 0.2) is 15.6 Å². The Bertz CT molecular complexity index is 1030. The number of aliphatic hydroxyl groups excluding tert-OH is 1. The molecule has 1 aromatic heterocycles. The fourth-order valence-electron chi connectivity index (χ4n) is 2.49. The highest BCUT2D eigenvalue weighted by Crippen LogP contribution is 2.35. The summed E-state index contributed by atoms with van der Waals surface area (Å²) in [6.07, 6.45) is 0.910. The van der Waals surface area contributed by atoms with Gasteiger partial charge in [-0.05, 0) is 42.0 Å². The number of hydrogen-bond donors (Lipinski definition) is 1. The number of hydrogen-bond acceptors (Lipinski definition) is 5. The minimum absolute atomic E-state index is 0.0887. The number of benzene rings is 2. The number of aromatic nitrogens is 1. The van der Waals surface area contributed by atoms with Crippen LogP contribution in [0.15, 0.2) is 51.9 Å². The van der Waals surface area contributed by atoms with E-state index in [0.29, 0.717) is 11.1 Å². The van der Waals surface area contributed by atoms with Gasteiger partial charge in [-0.15, -0.1) is 0 Å². The molecule has 0 saturated carbocycles. The first kappa shape index (κ1) is 17.2. The Morgan fingerprint density at radius 2 is 1.72 bits per heavy atom. The minimum Gasteiger partial charge on any atom is -0.388 e. The summed E-state index contributed by atoms with van der Waals surface area (Å²) in [5.74, 6) is -1.26. The van der Waals surface area contributed by atoms with E-state index in [9.17, 15) is 22.3 Å². The van der Waals surface area contributed by atoms with Crippen LogP contribution in [0.25, 0.3) is 22.4 Å². The van der Waals surface area contributed by atoms with Gasteiger partial charge in [-0.2, -0.15) is 0 Å². The van der Waals surface area contributed by atoms with Crippen molar-refractivity contribution in [2.75, 3.05) is 6.26 Å². The Balaban J connectivity index is 2.18. The van der Waals surface area contributed by atoms with Crippen molar-refractivity contribution in [1.82, 2.24) is 5.16 Å². The lowest BCUT2D eigenvalue weighted by Gasteiger charge is -2.07. The van der Waals surface area contributed by atoms with Crippen LogP contribution in [0.1, 0.15) is 5.76 Å². The summed E-state index contributed by atoms with van der Waals surface area (Å²) in [5, 5.41) is 13.3. The van der Waals surface area contributed by atoms with Gasteiger partial charge in [0.2, 0.25) is 0 Å². The normalized spacial score (nSPS) is 11.7. The van der Waals surface area contributed by atoms with Crippen LogP contribution in [0.5, 0.6) is 0 Å². The van der Waals surface area contributed by atoms with Crippen LogP contribution in [0, 0.1) is 11.6 Å². The third-order valence-corrected chi connectivity index (χ3v) is 4.77. The zero-order chi connectivity index (χ0) is 18.2. The maximum atomic E-state index is 14.2. The van der Waals surface area contributed by atoms with Crippen LogP contribution < -0.4 is 0 Å². The van der Waals surface area contributed by atoms with Crippen molar-refractivity contribution in [2.24, 2.45) is 0 Å². The van der Waals surface area contributed by atoms with E-state index >= 15 is 0 Å². The van der Waals surface area contributed by atoms with Crippen molar-refractivity contribution in [3.05, 3.63) is 59.9 Å². The fraction of sp³-hybridized carbons (Fsp3) is 0.118. The molecule has 1 heterocycles. The average molecular weight is 365 g/mol. The molecular weight excluding hydrogens is 352 g/mol. The van der Waals surface area contributed by atoms with Gasteiger partial charge in [0.25, 0.3) is 0 Å². The summed E-state index contributed by atoms with van der Waals surface area (Å²) < 4.78 is 55.5. The van der Waals surface area contributed by atoms with E-state index in [-0.39, 0.29) is 17.0 Å². The van der Waals surface area contributed by atoms with Gasteiger partial charge in [-0.1, -0.05) is 11.2 Å². The average Bonchev–Trinajstić information content (AvgIpc) is 2.98. The van der Waals surface area contributed by atoms with Gasteiger partial charge in [0.1, 0.15) is 28.8 Å². The van der Waals surface area contributed by atoms with Crippen LogP contribution in [-0.2, 0) is 16.4 Å². The molecule has 1 N–H and O–H groups in total. The molecule has 0 aliphatic heterocycles. The summed E-state index contributed by atoms with van der Waals surface area (Å²) in [6.45, 7) is -0.487. The maximum Gasteiger partial charge on any atom is 0.178 e. The predicted molar refractivity (Wildman–Crippen MR) is 86.3 cm³/mol. The molecule has 0 fully saturated rings. The molecule has 0 saturated heterocycles. The highest BCUT2D eigenvalue weighted by Gasteiger charge is 2.21. The Kier molecular flexibility index (Phi) is 4.40. The maximum absolute atomic E-state index is 14.2. The summed E-state index contributed by atoms with van der Waals surface area (Å²) in [7, 11) is -3.71. The third-order valence-electron chi connectivity index (χ3n) is 3.64. The van der Waals surface area contributed by atoms with E-state index in [1.54, 1.807) is 0 Å². The van der Waals surface area contributed by atoms with E-state index in [0.717, 1.165) is 18.4 Å². The SMILES string of the molecule is CS(=O)(=O)c1ccc(-c2c(-c3ccc(F)cc3)noc2CO)cc1F. The summed E-state index contributed by atoms with van der Waals surface area (Å²) >= 11 is 0. The van der Waals surface area contributed by atoms with Crippen molar-refractivity contribution in [1.29, 1.82) is 0 Å². The first-order valence-electron chi connectivity index (χ1n) is 7.16. The van der Waals surface area contributed by atoms with Crippen LogP contribution in [0.4, 0.5) is 8.78 Å². The highest BCUT2D eigenvalue weighted by molar-refractivity contribution is 7.90. The predicted octanol–water partition coefficient (Wildman–Crippen LogP) is 3.18. The molecule has 0 aliphatic rings. The van der Waals surface area contributed by atoms with Gasteiger partial charge in [0.05, 0.1) is 5.56 Å². The lowest BCUT2D eigenvalue weighted by atomic mass is 9.99. The van der Waals surface area contributed by atoms with E-state index in [2.05, 4.69) is 5.16 Å². The fourth-order valence-corrected chi connectivity index (χ4v) is 3.22. The van der Waals surface area contributed by atoms with Crippen LogP contribution >= 0.6 is 0 Å². The van der Waals surface area contributed by atoms with Crippen molar-refractivity contribution in [3.63, 3.8) is 0 Å². The summed E-state index contributed by atoms with van der Waals surface area (Å²) in [4.78, 5) is -0.429. The lowest BCUT2D eigenvalue weighted by molar-refractivity contribution is 0.230. The minimum atomic E-state index is -3.71. The number of halogens is 2. The molecular formula is C17H13F2NO4S. The Hall–Kier alpha value is -2.58. The van der Waals surface area contributed by atoms with Crippen molar-refractivity contribution < 1.29 is 26.8 Å². The van der Waals surface area contributed by atoms with Crippen molar-refractivity contribution in [3.8, 4) is 22.4 Å². The largest absolute Gasteiger partial charge is 0.388 e. The molecule has 0 spiro atoms. The first-order valence-corrected chi connectivity index (χ1v) is 9.05. The Labute approximate surface area is 142 Å². The second-order valence-electron chi connectivity index (χ2n) is 5.41. The lowest BCUT2D eigenvalue weighted by Crippen LogP contribution is -2.01. The first-order chi connectivity index (χ1) is 11.8. The smallest absolute Gasteiger partial charge is 0.178 e. The van der Waals surface area contributed by atoms with E-state index in [4.69, 9.17) is 4.52 Å². The monoisotopic (exact) mass is 365 g/mol. The number of rotatable bonds is 4. The molecule has 0 unspecified atom stereocenters. The molecule has 130 valence electrons. The van der Waals surface area contributed by atoms with E-state index in [1.165, 1.54) is 30.3 Å². The standard InChI is InChI=1S/C17H13F2NO4S/c1-25(22,23)15-7-4-11(8-13(15)19)16-14(9-21)24-20-17(16)10-2-5-12(18)6-3-10/h2-8,21H,9H2,1H3. The van der Waals surface area contributed by atoms with E-state index in [1.807, 2.05) is 0 Å². The second kappa shape index (κ2) is 6.38. The molecule has 0 bridgehead atoms. The molecule has 5 nitrogen and oxygen atoms in total. The number of sulfone groups is 1. The van der Waals surface area contributed by atoms with Gasteiger partial charge >= 0.3 is 0 Å². The Morgan fingerprint density at radius 3 is 2.28 bits per heavy atom. The van der Waals surface area contributed by atoms with Crippen molar-refractivity contribution in [2.45, 2.75) is 11.5 Å². The van der Waals surface area contributed by atoms with Crippen molar-refractivity contribution >= 4 is 9.84 Å². The van der Waals surface area contributed by atoms with Gasteiger partial charge in [-0.3, -0.25) is 0 Å². The molecule has 0 amide bonds. The highest BCUT2D eigenvalue weighted by atomic mass is 32.2. The zero-order valence-electron chi connectivity index (χ0n) is 13.0. The van der Waals surface area contributed by atoms with Gasteiger partial charge in [-0.25, -0.2) is 17.2 Å². The second-order valence-corrected chi connectivity index (χ2v) is 7.40. The van der Waals surface area contributed by atoms with Gasteiger partial charge in [0, 0.05) is 11.8 Å². The quantitative estimate of drug-likeness (QED) is 0.768. The molecule has 3 rings (SSSR count). The molecule has 25 heavy (non-hydrogen) atoms. The van der Waals surface area contributed by atoms with Crippen LogP contribution in [0.3, 0.4) is 0 Å². The number of aliphatic hydroxyl groups is 1. The summed E-state index contributed by atoms with van der Waals surface area (Å²) in [6, 6.07) is 8.99. The molecule has 0 radical (unpaired) electrons. The van der Waals surface area contributed by atoms with Gasteiger partial charge < -0.3 is 9.63 Å². The van der Waals surface area contributed by atoms with Crippen LogP contribution in [0.2, 0.25) is 0 Å². The molecule has 0 atom stereocenters. The van der Waals surface area contributed by atoms with E-state index < -0.39 is 33.0 Å². The van der Waals surface area contributed by atoms with Crippen LogP contribution in [-0.4, -0.2) is 24.9 Å². The molecule has 3 aromatic rings. The zero-order valence-corrected chi connectivity index (χ0v) is 13.8. The number of nitrogens with zero attached hydrogens (tertiary/aromatic N) is 1. The third kappa shape index (κ3) is 3.31.